The molecule has 0 radical (unpaired) electrons. The third-order valence-corrected chi connectivity index (χ3v) is 4.81. The Morgan fingerprint density at radius 2 is 1.94 bits per heavy atom. The molecule has 0 saturated carbocycles. The number of hydrogen-bond acceptors (Lipinski definition) is 5. The van der Waals surface area contributed by atoms with Gasteiger partial charge in [-0.1, -0.05) is 6.07 Å². The summed E-state index contributed by atoms with van der Waals surface area (Å²) in [6.07, 6.45) is 4.76. The Bertz CT molecular complexity index is 1060. The Hall–Kier alpha value is -3.68. The lowest BCUT2D eigenvalue weighted by molar-refractivity contribution is 0.174. The fourth-order valence-electron chi connectivity index (χ4n) is 3.31. The van der Waals surface area contributed by atoms with E-state index in [4.69, 9.17) is 19.2 Å². The van der Waals surface area contributed by atoms with Crippen molar-refractivity contribution in [2.45, 2.75) is 32.9 Å². The maximum absolute atomic E-state index is 5.73. The van der Waals surface area contributed by atoms with E-state index in [1.54, 1.807) is 4.68 Å². The second-order valence-corrected chi connectivity index (χ2v) is 7.87. The molecule has 1 aliphatic rings. The number of guanidine groups is 1. The van der Waals surface area contributed by atoms with Crippen molar-refractivity contribution >= 4 is 11.6 Å². The van der Waals surface area contributed by atoms with E-state index in [9.17, 15) is 0 Å². The van der Waals surface area contributed by atoms with Crippen LogP contribution in [0.2, 0.25) is 0 Å². The predicted molar refractivity (Wildman–Crippen MR) is 124 cm³/mol. The van der Waals surface area contributed by atoms with Crippen LogP contribution < -0.4 is 24.8 Å². The predicted octanol–water partition coefficient (Wildman–Crippen LogP) is 3.74. The molecule has 0 saturated heterocycles. The van der Waals surface area contributed by atoms with E-state index in [0.717, 1.165) is 34.9 Å². The quantitative estimate of drug-likeness (QED) is 0.414. The Labute approximate surface area is 188 Å². The molecule has 4 rings (SSSR count). The van der Waals surface area contributed by atoms with Gasteiger partial charge in [-0.2, -0.15) is 5.10 Å². The highest BCUT2D eigenvalue weighted by Gasteiger charge is 2.13. The highest BCUT2D eigenvalue weighted by molar-refractivity contribution is 5.93. The van der Waals surface area contributed by atoms with Gasteiger partial charge in [0.25, 0.3) is 0 Å². The van der Waals surface area contributed by atoms with Crippen LogP contribution in [-0.4, -0.2) is 35.2 Å². The highest BCUT2D eigenvalue weighted by Crippen LogP contribution is 2.32. The van der Waals surface area contributed by atoms with Crippen molar-refractivity contribution in [3.05, 3.63) is 66.0 Å². The van der Waals surface area contributed by atoms with Crippen molar-refractivity contribution < 1.29 is 14.2 Å². The maximum atomic E-state index is 5.73. The summed E-state index contributed by atoms with van der Waals surface area (Å²) in [5.74, 6) is 3.14. The van der Waals surface area contributed by atoms with Gasteiger partial charge >= 0.3 is 0 Å². The standard InChI is InChI=1S/C24H29N5O3/c1-17(2)32-21-7-5-20(6-8-21)28-24(26-13-19-14-27-29(3)15-19)25-11-10-18-4-9-22-23(12-18)31-16-30-22/h4-9,12,14-15,17H,10-11,13,16H2,1-3H3,(H2,25,26,28). The number of aryl methyl sites for hydroxylation is 1. The van der Waals surface area contributed by atoms with Gasteiger partial charge in [-0.25, -0.2) is 4.99 Å². The zero-order chi connectivity index (χ0) is 22.3. The van der Waals surface area contributed by atoms with Crippen LogP contribution in [0, 0.1) is 0 Å². The van der Waals surface area contributed by atoms with Gasteiger partial charge in [0.2, 0.25) is 6.79 Å². The van der Waals surface area contributed by atoms with Crippen LogP contribution in [0.1, 0.15) is 25.0 Å². The number of ether oxygens (including phenoxy) is 3. The van der Waals surface area contributed by atoms with Gasteiger partial charge in [-0.3, -0.25) is 4.68 Å². The lowest BCUT2D eigenvalue weighted by Gasteiger charge is -2.14. The number of nitrogens with one attached hydrogen (secondary N) is 2. The van der Waals surface area contributed by atoms with E-state index in [2.05, 4.69) is 21.8 Å². The SMILES string of the molecule is CC(C)Oc1ccc(NC(=NCc2cnn(C)c2)NCCc2ccc3c(c2)OCO3)cc1. The van der Waals surface area contributed by atoms with Crippen molar-refractivity contribution in [1.82, 2.24) is 15.1 Å². The van der Waals surface area contributed by atoms with Crippen molar-refractivity contribution in [1.29, 1.82) is 0 Å². The van der Waals surface area contributed by atoms with E-state index in [1.165, 1.54) is 5.56 Å². The zero-order valence-corrected chi connectivity index (χ0v) is 18.7. The number of aromatic nitrogens is 2. The molecular formula is C24H29N5O3. The average molecular weight is 436 g/mol. The Kier molecular flexibility index (Phi) is 6.79. The fourth-order valence-corrected chi connectivity index (χ4v) is 3.31. The van der Waals surface area contributed by atoms with Crippen LogP contribution in [0.5, 0.6) is 17.2 Å². The second kappa shape index (κ2) is 10.1. The molecule has 2 heterocycles. The largest absolute Gasteiger partial charge is 0.491 e. The van der Waals surface area contributed by atoms with Gasteiger partial charge < -0.3 is 24.8 Å². The molecule has 3 aromatic rings. The molecule has 1 aromatic heterocycles. The van der Waals surface area contributed by atoms with Crippen LogP contribution >= 0.6 is 0 Å². The summed E-state index contributed by atoms with van der Waals surface area (Å²) in [6.45, 7) is 5.56. The number of rotatable bonds is 8. The summed E-state index contributed by atoms with van der Waals surface area (Å²) in [5, 5.41) is 11.0. The van der Waals surface area contributed by atoms with Gasteiger partial charge in [0.1, 0.15) is 5.75 Å². The van der Waals surface area contributed by atoms with Crippen LogP contribution in [-0.2, 0) is 20.0 Å². The third kappa shape index (κ3) is 5.94. The molecular weight excluding hydrogens is 406 g/mol. The molecule has 0 atom stereocenters. The molecule has 0 fully saturated rings. The maximum Gasteiger partial charge on any atom is 0.231 e. The number of hydrogen-bond donors (Lipinski definition) is 2. The minimum absolute atomic E-state index is 0.142. The summed E-state index contributed by atoms with van der Waals surface area (Å²) in [7, 11) is 1.90. The monoisotopic (exact) mass is 435 g/mol. The lowest BCUT2D eigenvalue weighted by Crippen LogP contribution is -2.32. The van der Waals surface area contributed by atoms with Gasteiger partial charge in [-0.15, -0.1) is 0 Å². The molecule has 0 unspecified atom stereocenters. The first kappa shape index (κ1) is 21.5. The zero-order valence-electron chi connectivity index (χ0n) is 18.7. The molecule has 8 heteroatoms. The molecule has 2 aromatic carbocycles. The minimum Gasteiger partial charge on any atom is -0.491 e. The van der Waals surface area contributed by atoms with Crippen LogP contribution in [0.25, 0.3) is 0 Å². The van der Waals surface area contributed by atoms with Gasteiger partial charge in [0, 0.05) is 31.0 Å². The summed E-state index contributed by atoms with van der Waals surface area (Å²) in [5.41, 5.74) is 3.15. The fraction of sp³-hybridized carbons (Fsp3) is 0.333. The Morgan fingerprint density at radius 1 is 1.12 bits per heavy atom. The van der Waals surface area contributed by atoms with Crippen molar-refractivity contribution in [3.63, 3.8) is 0 Å². The molecule has 0 amide bonds. The van der Waals surface area contributed by atoms with E-state index in [1.807, 2.05) is 69.7 Å². The Morgan fingerprint density at radius 3 is 2.69 bits per heavy atom. The molecule has 2 N–H and O–H groups in total. The van der Waals surface area contributed by atoms with E-state index in [0.29, 0.717) is 19.0 Å². The Balaban J connectivity index is 1.40. The minimum atomic E-state index is 0.142. The van der Waals surface area contributed by atoms with Crippen molar-refractivity contribution in [2.75, 3.05) is 18.7 Å². The second-order valence-electron chi connectivity index (χ2n) is 7.87. The third-order valence-electron chi connectivity index (χ3n) is 4.81. The summed E-state index contributed by atoms with van der Waals surface area (Å²) >= 11 is 0. The van der Waals surface area contributed by atoms with Crippen LogP contribution in [0.3, 0.4) is 0 Å². The van der Waals surface area contributed by atoms with E-state index in [-0.39, 0.29) is 12.9 Å². The number of fused-ring (bicyclic) bond motifs is 1. The van der Waals surface area contributed by atoms with E-state index < -0.39 is 0 Å². The first-order chi connectivity index (χ1) is 15.5. The molecule has 8 nitrogen and oxygen atoms in total. The molecule has 32 heavy (non-hydrogen) atoms. The first-order valence-corrected chi connectivity index (χ1v) is 10.7. The molecule has 0 spiro atoms. The number of anilines is 1. The number of nitrogens with zero attached hydrogens (tertiary/aromatic N) is 3. The topological polar surface area (TPSA) is 81.9 Å². The number of aliphatic imine (C=N–C) groups is 1. The van der Waals surface area contributed by atoms with E-state index >= 15 is 0 Å². The van der Waals surface area contributed by atoms with Crippen LogP contribution in [0.4, 0.5) is 5.69 Å². The first-order valence-electron chi connectivity index (χ1n) is 10.7. The average Bonchev–Trinajstić information content (AvgIpc) is 3.41. The highest BCUT2D eigenvalue weighted by atomic mass is 16.7. The van der Waals surface area contributed by atoms with Gasteiger partial charge in [0.15, 0.2) is 17.5 Å². The summed E-state index contributed by atoms with van der Waals surface area (Å²) < 4.78 is 18.4. The molecule has 168 valence electrons. The lowest BCUT2D eigenvalue weighted by atomic mass is 10.1. The summed E-state index contributed by atoms with van der Waals surface area (Å²) in [6, 6.07) is 13.9. The van der Waals surface area contributed by atoms with Crippen LogP contribution in [0.15, 0.2) is 59.9 Å². The van der Waals surface area contributed by atoms with Crippen molar-refractivity contribution in [3.8, 4) is 17.2 Å². The molecule has 0 bridgehead atoms. The normalized spacial score (nSPS) is 12.8. The van der Waals surface area contributed by atoms with Crippen molar-refractivity contribution in [2.24, 2.45) is 12.0 Å². The molecule has 0 aliphatic carbocycles. The number of benzene rings is 2. The smallest absolute Gasteiger partial charge is 0.231 e. The van der Waals surface area contributed by atoms with Gasteiger partial charge in [0.05, 0.1) is 18.8 Å². The van der Waals surface area contributed by atoms with Gasteiger partial charge in [-0.05, 0) is 62.2 Å². The summed E-state index contributed by atoms with van der Waals surface area (Å²) in [4.78, 5) is 4.73. The molecule has 1 aliphatic heterocycles.